The molecule has 0 saturated carbocycles. The summed E-state index contributed by atoms with van der Waals surface area (Å²) >= 11 is 0. The van der Waals surface area contributed by atoms with Gasteiger partial charge in [0.25, 0.3) is 5.91 Å². The number of alkyl halides is 3. The number of rotatable bonds is 4. The van der Waals surface area contributed by atoms with Crippen LogP contribution in [0.2, 0.25) is 0 Å². The van der Waals surface area contributed by atoms with Crippen LogP contribution in [0.4, 0.5) is 17.6 Å². The molecular formula is C22H20F4N6O. The van der Waals surface area contributed by atoms with Gasteiger partial charge < -0.3 is 4.90 Å². The first-order valence-corrected chi connectivity index (χ1v) is 10.6. The minimum absolute atomic E-state index is 0.0113. The van der Waals surface area contributed by atoms with E-state index in [-0.39, 0.29) is 41.7 Å². The first kappa shape index (κ1) is 21.5. The molecule has 3 aromatic rings. The second-order valence-corrected chi connectivity index (χ2v) is 8.56. The van der Waals surface area contributed by atoms with Gasteiger partial charge in [0.05, 0.1) is 23.7 Å². The molecule has 0 radical (unpaired) electrons. The summed E-state index contributed by atoms with van der Waals surface area (Å²) in [6.07, 6.45) is 3.01. The SMILES string of the molecule is Cc1cnc(C(=O)N2C3CCC2C(Cc2ncc(C(F)(F)F)cc2F)C3)c(-n2nccn2)c1. The second-order valence-electron chi connectivity index (χ2n) is 8.56. The van der Waals surface area contributed by atoms with Gasteiger partial charge in [0.1, 0.15) is 11.5 Å². The largest absolute Gasteiger partial charge is 0.417 e. The predicted octanol–water partition coefficient (Wildman–Crippen LogP) is 3.76. The number of hydrogen-bond acceptors (Lipinski definition) is 5. The molecule has 2 aliphatic rings. The lowest BCUT2D eigenvalue weighted by molar-refractivity contribution is -0.138. The smallest absolute Gasteiger partial charge is 0.331 e. The Hall–Kier alpha value is -3.37. The Kier molecular flexibility index (Phi) is 5.13. The molecule has 5 rings (SSSR count). The lowest BCUT2D eigenvalue weighted by Crippen LogP contribution is -2.38. The van der Waals surface area contributed by atoms with E-state index in [2.05, 4.69) is 20.2 Å². The van der Waals surface area contributed by atoms with Crippen molar-refractivity contribution in [3.63, 3.8) is 0 Å². The molecule has 7 nitrogen and oxygen atoms in total. The number of nitrogens with zero attached hydrogens (tertiary/aromatic N) is 6. The van der Waals surface area contributed by atoms with Crippen molar-refractivity contribution in [2.24, 2.45) is 5.92 Å². The number of pyridine rings is 2. The number of aryl methyl sites for hydroxylation is 1. The van der Waals surface area contributed by atoms with Crippen molar-refractivity contribution in [2.75, 3.05) is 0 Å². The molecule has 3 unspecified atom stereocenters. The highest BCUT2D eigenvalue weighted by atomic mass is 19.4. The van der Waals surface area contributed by atoms with Gasteiger partial charge in [0, 0.05) is 24.5 Å². The quantitative estimate of drug-likeness (QED) is 0.554. The third kappa shape index (κ3) is 3.85. The van der Waals surface area contributed by atoms with Gasteiger partial charge in [-0.2, -0.15) is 23.4 Å². The van der Waals surface area contributed by atoms with Crippen LogP contribution in [0.25, 0.3) is 5.69 Å². The number of carbonyl (C=O) groups excluding carboxylic acids is 1. The molecule has 1 amide bonds. The van der Waals surface area contributed by atoms with Gasteiger partial charge in [-0.15, -0.1) is 4.80 Å². The number of halogens is 4. The number of carbonyl (C=O) groups is 1. The molecule has 2 fully saturated rings. The van der Waals surface area contributed by atoms with E-state index in [1.54, 1.807) is 17.2 Å². The number of hydrogen-bond donors (Lipinski definition) is 0. The Bertz CT molecular complexity index is 1200. The van der Waals surface area contributed by atoms with Crippen LogP contribution in [-0.4, -0.2) is 47.9 Å². The summed E-state index contributed by atoms with van der Waals surface area (Å²) in [7, 11) is 0. The first-order valence-electron chi connectivity index (χ1n) is 10.6. The van der Waals surface area contributed by atoms with Crippen LogP contribution < -0.4 is 0 Å². The Morgan fingerprint density at radius 2 is 1.88 bits per heavy atom. The third-order valence-corrected chi connectivity index (χ3v) is 6.44. The maximum Gasteiger partial charge on any atom is 0.417 e. The molecule has 11 heteroatoms. The number of fused-ring (bicyclic) bond motifs is 2. The topological polar surface area (TPSA) is 76.8 Å². The van der Waals surface area contributed by atoms with Gasteiger partial charge in [0.15, 0.2) is 5.69 Å². The van der Waals surface area contributed by atoms with Crippen LogP contribution in [0.3, 0.4) is 0 Å². The summed E-state index contributed by atoms with van der Waals surface area (Å²) in [6.45, 7) is 1.86. The third-order valence-electron chi connectivity index (χ3n) is 6.44. The highest BCUT2D eigenvalue weighted by Crippen LogP contribution is 2.44. The van der Waals surface area contributed by atoms with Crippen molar-refractivity contribution in [1.82, 2.24) is 29.9 Å². The minimum atomic E-state index is -4.65. The molecular weight excluding hydrogens is 440 g/mol. The van der Waals surface area contributed by atoms with Crippen molar-refractivity contribution in [3.05, 3.63) is 65.3 Å². The van der Waals surface area contributed by atoms with Crippen LogP contribution in [0.15, 0.2) is 36.9 Å². The summed E-state index contributed by atoms with van der Waals surface area (Å²) in [5.41, 5.74) is 0.433. The van der Waals surface area contributed by atoms with Crippen molar-refractivity contribution in [3.8, 4) is 5.69 Å². The van der Waals surface area contributed by atoms with Crippen molar-refractivity contribution in [2.45, 2.75) is 50.9 Å². The zero-order valence-electron chi connectivity index (χ0n) is 17.6. The fourth-order valence-electron chi connectivity index (χ4n) is 5.00. The van der Waals surface area contributed by atoms with Crippen molar-refractivity contribution in [1.29, 1.82) is 0 Å². The molecule has 3 atom stereocenters. The molecule has 0 N–H and O–H groups in total. The van der Waals surface area contributed by atoms with E-state index in [1.807, 2.05) is 6.92 Å². The molecule has 0 spiro atoms. The molecule has 172 valence electrons. The fourth-order valence-corrected chi connectivity index (χ4v) is 5.00. The van der Waals surface area contributed by atoms with E-state index in [9.17, 15) is 22.4 Å². The van der Waals surface area contributed by atoms with Crippen LogP contribution in [0.1, 0.15) is 46.6 Å². The fraction of sp³-hybridized carbons (Fsp3) is 0.409. The van der Waals surface area contributed by atoms with Crippen LogP contribution in [-0.2, 0) is 12.6 Å². The van der Waals surface area contributed by atoms with Gasteiger partial charge in [-0.05, 0) is 56.2 Å². The Balaban J connectivity index is 1.39. The zero-order chi connectivity index (χ0) is 23.3. The summed E-state index contributed by atoms with van der Waals surface area (Å²) in [6, 6.07) is 2.08. The summed E-state index contributed by atoms with van der Waals surface area (Å²) in [5, 5.41) is 8.24. The molecule has 2 bridgehead atoms. The van der Waals surface area contributed by atoms with Gasteiger partial charge in [-0.3, -0.25) is 9.78 Å². The maximum atomic E-state index is 14.4. The summed E-state index contributed by atoms with van der Waals surface area (Å²) in [4.78, 5) is 24.8. The van der Waals surface area contributed by atoms with E-state index < -0.39 is 17.6 Å². The van der Waals surface area contributed by atoms with Crippen molar-refractivity contribution >= 4 is 5.91 Å². The van der Waals surface area contributed by atoms with Gasteiger partial charge in [-0.1, -0.05) is 0 Å². The molecule has 3 aromatic heterocycles. The lowest BCUT2D eigenvalue weighted by atomic mass is 9.85. The van der Waals surface area contributed by atoms with Crippen LogP contribution >= 0.6 is 0 Å². The van der Waals surface area contributed by atoms with Crippen LogP contribution in [0.5, 0.6) is 0 Å². The van der Waals surface area contributed by atoms with E-state index in [4.69, 9.17) is 0 Å². The van der Waals surface area contributed by atoms with E-state index >= 15 is 0 Å². The normalized spacial score (nSPS) is 22.2. The Labute approximate surface area is 186 Å². The average Bonchev–Trinajstić information content (AvgIpc) is 3.50. The highest BCUT2D eigenvalue weighted by Gasteiger charge is 2.49. The standard InChI is InChI=1S/C22H20F4N6O/c1-12-6-19(32-29-4-5-30-32)20(28-10-12)21(33)31-15-2-3-18(31)13(7-15)8-17-16(23)9-14(11-27-17)22(24,25)26/h4-6,9-11,13,15,18H,2-3,7-8H2,1H3. The van der Waals surface area contributed by atoms with Crippen molar-refractivity contribution < 1.29 is 22.4 Å². The van der Waals surface area contributed by atoms with Gasteiger partial charge >= 0.3 is 6.18 Å². The Morgan fingerprint density at radius 3 is 2.58 bits per heavy atom. The molecule has 2 aliphatic heterocycles. The average molecular weight is 460 g/mol. The molecule has 0 aromatic carbocycles. The maximum absolute atomic E-state index is 14.4. The van der Waals surface area contributed by atoms with Gasteiger partial charge in [0.2, 0.25) is 0 Å². The Morgan fingerprint density at radius 1 is 1.12 bits per heavy atom. The zero-order valence-corrected chi connectivity index (χ0v) is 17.6. The monoisotopic (exact) mass is 460 g/mol. The van der Waals surface area contributed by atoms with Crippen LogP contribution in [0, 0.1) is 18.7 Å². The molecule has 2 saturated heterocycles. The minimum Gasteiger partial charge on any atom is -0.331 e. The lowest BCUT2D eigenvalue weighted by Gasteiger charge is -2.25. The van der Waals surface area contributed by atoms with Gasteiger partial charge in [-0.25, -0.2) is 9.37 Å². The number of amides is 1. The van der Waals surface area contributed by atoms with E-state index in [1.165, 1.54) is 17.2 Å². The predicted molar refractivity (Wildman–Crippen MR) is 108 cm³/mol. The summed E-state index contributed by atoms with van der Waals surface area (Å²) in [5.74, 6) is -1.32. The second kappa shape index (κ2) is 7.89. The van der Waals surface area contributed by atoms with E-state index in [0.717, 1.165) is 18.4 Å². The highest BCUT2D eigenvalue weighted by molar-refractivity contribution is 5.96. The molecule has 0 aliphatic carbocycles. The van der Waals surface area contributed by atoms with E-state index in [0.29, 0.717) is 24.4 Å². The first-order chi connectivity index (χ1) is 15.7. The molecule has 5 heterocycles. The summed E-state index contributed by atoms with van der Waals surface area (Å²) < 4.78 is 52.8. The molecule has 33 heavy (non-hydrogen) atoms. The number of aromatic nitrogens is 5.